The SMILES string of the molecule is CC1=C(C)N(C(C)C)[CH-]N1C(C)C.C[Si](C)(C)[N-][Si](C)(C)C.C[Si](C)(C)[N-][Si](C)(C)C.[Yb+3]. The van der Waals surface area contributed by atoms with Crippen LogP contribution < -0.4 is 0 Å². The summed E-state index contributed by atoms with van der Waals surface area (Å²) in [5.41, 5.74) is 2.76. The Labute approximate surface area is 246 Å². The Morgan fingerprint density at radius 3 is 0.781 bits per heavy atom. The predicted molar refractivity (Wildman–Crippen MR) is 157 cm³/mol. The van der Waals surface area contributed by atoms with Gasteiger partial charge in [0.15, 0.2) is 0 Å². The first-order valence-electron chi connectivity index (χ1n) is 11.9. The number of nitrogens with zero attached hydrogens (tertiary/aromatic N) is 4. The van der Waals surface area contributed by atoms with Crippen molar-refractivity contribution in [3.63, 3.8) is 0 Å². The molecule has 0 atom stereocenters. The minimum Gasteiger partial charge on any atom is -0.668 e. The van der Waals surface area contributed by atoms with Crippen molar-refractivity contribution >= 4 is 32.9 Å². The van der Waals surface area contributed by atoms with Crippen LogP contribution in [0.4, 0.5) is 0 Å². The maximum absolute atomic E-state index is 4.82. The van der Waals surface area contributed by atoms with Gasteiger partial charge in [0.25, 0.3) is 0 Å². The molecule has 0 aliphatic carbocycles. The zero-order valence-corrected chi connectivity index (χ0v) is 30.5. The third-order valence-electron chi connectivity index (χ3n) is 4.00. The summed E-state index contributed by atoms with van der Waals surface area (Å²) in [5, 5.41) is 0. The first-order valence-corrected chi connectivity index (χ1v) is 25.7. The molecule has 0 aromatic rings. The van der Waals surface area contributed by atoms with Gasteiger partial charge in [-0.25, -0.2) is 0 Å². The van der Waals surface area contributed by atoms with Crippen molar-refractivity contribution in [2.75, 3.05) is 0 Å². The fourth-order valence-corrected chi connectivity index (χ4v) is 19.8. The molecular weight excluding hydrogens is 618 g/mol. The second-order valence-corrected chi connectivity index (χ2v) is 32.4. The molecule has 32 heavy (non-hydrogen) atoms. The quantitative estimate of drug-likeness (QED) is 0.209. The molecule has 1 aliphatic heterocycles. The summed E-state index contributed by atoms with van der Waals surface area (Å²) >= 11 is 0. The van der Waals surface area contributed by atoms with E-state index in [0.29, 0.717) is 12.1 Å². The Bertz CT molecular complexity index is 482. The van der Waals surface area contributed by atoms with Crippen molar-refractivity contribution in [1.82, 2.24) is 9.80 Å². The van der Waals surface area contributed by atoms with Crippen molar-refractivity contribution < 1.29 is 46.9 Å². The average molecular weight is 675 g/mol. The molecule has 0 spiro atoms. The standard InChI is InChI=1S/C11H21N2.2C6H18NSi2.Yb/c1-8(2)12-7-13(9(3)4)11(6)10(12)5;2*1-8(2,3)7-9(4,5)6;/h7-9H,1-6H3;2*1-6H3;/q3*-1;+3. The predicted octanol–water partition coefficient (Wildman–Crippen LogP) is 8.85. The van der Waals surface area contributed by atoms with E-state index >= 15 is 0 Å². The van der Waals surface area contributed by atoms with E-state index in [2.05, 4.69) is 137 Å². The number of rotatable bonds is 6. The molecule has 0 N–H and O–H groups in total. The molecule has 4 nitrogen and oxygen atoms in total. The van der Waals surface area contributed by atoms with Crippen LogP contribution in [0.15, 0.2) is 11.4 Å². The van der Waals surface area contributed by atoms with E-state index in [1.54, 1.807) is 0 Å². The Morgan fingerprint density at radius 2 is 0.719 bits per heavy atom. The smallest absolute Gasteiger partial charge is 0.668 e. The molecule has 0 amide bonds. The summed E-state index contributed by atoms with van der Waals surface area (Å²) < 4.78 is 9.64. The van der Waals surface area contributed by atoms with Gasteiger partial charge in [0.2, 0.25) is 0 Å². The molecule has 0 saturated heterocycles. The van der Waals surface area contributed by atoms with E-state index in [-0.39, 0.29) is 46.9 Å². The molecule has 1 heterocycles. The minimum absolute atomic E-state index is 0. The molecule has 0 unspecified atom stereocenters. The topological polar surface area (TPSA) is 34.7 Å². The van der Waals surface area contributed by atoms with Gasteiger partial charge in [0, 0.05) is 0 Å². The molecule has 1 radical (unpaired) electrons. The van der Waals surface area contributed by atoms with Crippen LogP contribution in [0.5, 0.6) is 0 Å². The van der Waals surface area contributed by atoms with Crippen LogP contribution in [0.1, 0.15) is 41.5 Å². The second kappa shape index (κ2) is 15.0. The maximum atomic E-state index is 4.82. The average Bonchev–Trinajstić information content (AvgIpc) is 2.68. The van der Waals surface area contributed by atoms with E-state index < -0.39 is 32.9 Å². The summed E-state index contributed by atoms with van der Waals surface area (Å²) in [6, 6.07) is 1.11. The van der Waals surface area contributed by atoms with E-state index in [1.165, 1.54) is 11.4 Å². The summed E-state index contributed by atoms with van der Waals surface area (Å²) in [5.74, 6) is 0. The van der Waals surface area contributed by atoms with Crippen molar-refractivity contribution in [3.05, 3.63) is 27.4 Å². The van der Waals surface area contributed by atoms with Crippen LogP contribution in [0.3, 0.4) is 0 Å². The summed E-state index contributed by atoms with van der Waals surface area (Å²) in [6.07, 6.45) is 0. The number of hydrogen-bond acceptors (Lipinski definition) is 2. The van der Waals surface area contributed by atoms with Crippen molar-refractivity contribution in [2.45, 2.75) is 132 Å². The third kappa shape index (κ3) is 21.0. The van der Waals surface area contributed by atoms with E-state index in [1.807, 2.05) is 0 Å². The zero-order chi connectivity index (χ0) is 25.6. The van der Waals surface area contributed by atoms with Crippen LogP contribution >= 0.6 is 0 Å². The van der Waals surface area contributed by atoms with Crippen LogP contribution in [-0.2, 0) is 0 Å². The molecule has 199 valence electrons. The molecule has 0 aromatic heterocycles. The van der Waals surface area contributed by atoms with E-state index in [4.69, 9.17) is 9.30 Å². The van der Waals surface area contributed by atoms with Gasteiger partial charge in [-0.3, -0.25) is 0 Å². The van der Waals surface area contributed by atoms with Gasteiger partial charge in [0.05, 0.1) is 0 Å². The van der Waals surface area contributed by atoms with Gasteiger partial charge in [0.1, 0.15) is 0 Å². The fraction of sp³-hybridized carbons (Fsp3) is 0.870. The zero-order valence-electron chi connectivity index (χ0n) is 24.8. The Balaban J connectivity index is -0.000000400. The molecule has 0 saturated carbocycles. The maximum Gasteiger partial charge on any atom is 3.00 e. The van der Waals surface area contributed by atoms with Gasteiger partial charge in [-0.1, -0.05) is 112 Å². The van der Waals surface area contributed by atoms with E-state index in [0.717, 1.165) is 0 Å². The fourth-order valence-electron chi connectivity index (χ4n) is 3.73. The number of allylic oxidation sites excluding steroid dienone is 2. The van der Waals surface area contributed by atoms with Crippen LogP contribution in [-0.4, -0.2) is 54.8 Å². The Kier molecular flexibility index (Phi) is 17.9. The van der Waals surface area contributed by atoms with Gasteiger partial charge >= 0.3 is 46.9 Å². The monoisotopic (exact) mass is 675 g/mol. The summed E-state index contributed by atoms with van der Waals surface area (Å²) in [6.45, 7) is 43.0. The largest absolute Gasteiger partial charge is 3.00 e. The molecule has 0 fully saturated rings. The molecular formula is C23H57N4Si4Yb. The normalized spacial score (nSPS) is 15.4. The molecule has 9 heteroatoms. The minimum atomic E-state index is -1.11. The third-order valence-corrected chi connectivity index (χ3v) is 14.7. The second-order valence-electron chi connectivity index (χ2n) is 13.2. The number of hydrogen-bond donors (Lipinski definition) is 0. The Hall–Kier alpha value is 1.65. The first kappa shape index (κ1) is 38.2. The van der Waals surface area contributed by atoms with Crippen LogP contribution in [0, 0.1) is 53.6 Å². The van der Waals surface area contributed by atoms with Gasteiger partial charge in [-0.05, 0) is 65.0 Å². The van der Waals surface area contributed by atoms with Crippen molar-refractivity contribution in [2.24, 2.45) is 0 Å². The Morgan fingerprint density at radius 1 is 0.531 bits per heavy atom. The van der Waals surface area contributed by atoms with Crippen molar-refractivity contribution in [1.29, 1.82) is 0 Å². The first-order chi connectivity index (χ1) is 13.4. The molecule has 0 aromatic carbocycles. The van der Waals surface area contributed by atoms with Gasteiger partial charge in [-0.15, -0.1) is 0 Å². The van der Waals surface area contributed by atoms with Crippen LogP contribution in [0.2, 0.25) is 78.6 Å². The van der Waals surface area contributed by atoms with Crippen molar-refractivity contribution in [3.8, 4) is 0 Å². The molecule has 1 aliphatic rings. The molecule has 1 rings (SSSR count). The molecule has 0 bridgehead atoms. The van der Waals surface area contributed by atoms with Gasteiger partial charge < -0.3 is 19.1 Å². The van der Waals surface area contributed by atoms with E-state index in [9.17, 15) is 0 Å². The summed E-state index contributed by atoms with van der Waals surface area (Å²) in [4.78, 5) is 4.66. The van der Waals surface area contributed by atoms with Crippen LogP contribution in [0.25, 0.3) is 9.30 Å². The van der Waals surface area contributed by atoms with Gasteiger partial charge in [-0.2, -0.15) is 6.67 Å². The summed E-state index contributed by atoms with van der Waals surface area (Å²) in [7, 11) is -4.42.